The third-order valence-corrected chi connectivity index (χ3v) is 4.21. The van der Waals surface area contributed by atoms with Gasteiger partial charge in [0, 0.05) is 18.4 Å². The molecule has 1 aliphatic rings. The number of hydrogen-bond donors (Lipinski definition) is 2. The average Bonchev–Trinajstić information content (AvgIpc) is 2.50. The Kier molecular flexibility index (Phi) is 6.70. The molecule has 2 rings (SSSR count). The Morgan fingerprint density at radius 3 is 2.40 bits per heavy atom. The van der Waals surface area contributed by atoms with Gasteiger partial charge in [-0.15, -0.1) is 0 Å². The molecule has 20 heavy (non-hydrogen) atoms. The van der Waals surface area contributed by atoms with E-state index in [1.165, 1.54) is 0 Å². The molecule has 0 aromatic heterocycles. The molecule has 1 aliphatic carbocycles. The van der Waals surface area contributed by atoms with Crippen LogP contribution in [0.15, 0.2) is 30.3 Å². The highest BCUT2D eigenvalue weighted by molar-refractivity contribution is 7.80. The molecule has 0 amide bonds. The number of thiol groups is 1. The molecule has 0 radical (unpaired) electrons. The van der Waals surface area contributed by atoms with Crippen molar-refractivity contribution in [3.63, 3.8) is 0 Å². The van der Waals surface area contributed by atoms with E-state index in [1.54, 1.807) is 0 Å². The highest BCUT2D eigenvalue weighted by atomic mass is 32.1. The number of ether oxygens (including phenoxy) is 2. The van der Waals surface area contributed by atoms with Crippen LogP contribution in [0, 0.1) is 0 Å². The summed E-state index contributed by atoms with van der Waals surface area (Å²) < 4.78 is 11.9. The van der Waals surface area contributed by atoms with E-state index in [-0.39, 0.29) is 6.04 Å². The minimum absolute atomic E-state index is 0.149. The molecular weight excluding hydrogens is 270 g/mol. The summed E-state index contributed by atoms with van der Waals surface area (Å²) in [6, 6.07) is 10.2. The molecule has 0 saturated heterocycles. The Morgan fingerprint density at radius 2 is 1.75 bits per heavy atom. The maximum absolute atomic E-state index is 5.98. The van der Waals surface area contributed by atoms with E-state index in [2.05, 4.69) is 12.6 Å². The highest BCUT2D eigenvalue weighted by Gasteiger charge is 2.22. The lowest BCUT2D eigenvalue weighted by molar-refractivity contribution is 0.000650. The van der Waals surface area contributed by atoms with Gasteiger partial charge < -0.3 is 15.2 Å². The third-order valence-electron chi connectivity index (χ3n) is 3.74. The first kappa shape index (κ1) is 15.7. The predicted molar refractivity (Wildman–Crippen MR) is 85.5 cm³/mol. The zero-order chi connectivity index (χ0) is 14.2. The molecule has 1 aromatic rings. The van der Waals surface area contributed by atoms with E-state index in [4.69, 9.17) is 15.2 Å². The molecule has 1 saturated carbocycles. The Balaban J connectivity index is 1.63. The van der Waals surface area contributed by atoms with Crippen molar-refractivity contribution in [3.8, 4) is 5.75 Å². The van der Waals surface area contributed by atoms with Crippen molar-refractivity contribution in [3.05, 3.63) is 30.3 Å². The van der Waals surface area contributed by atoms with Crippen molar-refractivity contribution in [2.24, 2.45) is 5.73 Å². The van der Waals surface area contributed by atoms with E-state index in [1.807, 2.05) is 30.3 Å². The summed E-state index contributed by atoms with van der Waals surface area (Å²) >= 11 is 4.18. The molecule has 112 valence electrons. The molecule has 1 unspecified atom stereocenters. The number of para-hydroxylation sites is 1. The second-order valence-electron chi connectivity index (χ2n) is 5.43. The van der Waals surface area contributed by atoms with Crippen LogP contribution in [-0.2, 0) is 4.74 Å². The van der Waals surface area contributed by atoms with Crippen molar-refractivity contribution in [2.75, 3.05) is 12.4 Å². The van der Waals surface area contributed by atoms with Gasteiger partial charge >= 0.3 is 0 Å². The van der Waals surface area contributed by atoms with Crippen LogP contribution >= 0.6 is 12.6 Å². The quantitative estimate of drug-likeness (QED) is 0.760. The summed E-state index contributed by atoms with van der Waals surface area (Å²) in [7, 11) is 0. The monoisotopic (exact) mass is 295 g/mol. The minimum atomic E-state index is 0.149. The zero-order valence-electron chi connectivity index (χ0n) is 11.9. The van der Waals surface area contributed by atoms with Crippen LogP contribution in [-0.4, -0.2) is 30.6 Å². The zero-order valence-corrected chi connectivity index (χ0v) is 12.8. The van der Waals surface area contributed by atoms with Crippen LogP contribution in [0.2, 0.25) is 0 Å². The fraction of sp³-hybridized carbons (Fsp3) is 0.625. The largest absolute Gasteiger partial charge is 0.490 e. The summed E-state index contributed by atoms with van der Waals surface area (Å²) in [6.45, 7) is 0.747. The topological polar surface area (TPSA) is 44.5 Å². The SMILES string of the molecule is NC(CS)CCOC1CCC(Oc2ccccc2)CC1. The van der Waals surface area contributed by atoms with Crippen LogP contribution in [0.25, 0.3) is 0 Å². The second kappa shape index (κ2) is 8.55. The number of rotatable bonds is 7. The maximum Gasteiger partial charge on any atom is 0.119 e. The van der Waals surface area contributed by atoms with Gasteiger partial charge in [-0.2, -0.15) is 12.6 Å². The molecular formula is C16H25NO2S. The van der Waals surface area contributed by atoms with E-state index >= 15 is 0 Å². The molecule has 4 heteroatoms. The molecule has 1 aromatic carbocycles. The van der Waals surface area contributed by atoms with E-state index in [9.17, 15) is 0 Å². The summed E-state index contributed by atoms with van der Waals surface area (Å²) in [5.74, 6) is 1.69. The number of nitrogens with two attached hydrogens (primary N) is 1. The first-order chi connectivity index (χ1) is 9.78. The Bertz CT molecular complexity index is 366. The van der Waals surface area contributed by atoms with Gasteiger partial charge in [0.15, 0.2) is 0 Å². The molecule has 0 spiro atoms. The first-order valence-corrected chi connectivity index (χ1v) is 8.11. The van der Waals surface area contributed by atoms with Crippen LogP contribution < -0.4 is 10.5 Å². The van der Waals surface area contributed by atoms with Gasteiger partial charge in [0.05, 0.1) is 12.2 Å². The van der Waals surface area contributed by atoms with Gasteiger partial charge in [-0.1, -0.05) is 18.2 Å². The summed E-state index contributed by atoms with van der Waals surface area (Å²) in [5.41, 5.74) is 5.82. The maximum atomic E-state index is 5.98. The second-order valence-corrected chi connectivity index (χ2v) is 5.80. The first-order valence-electron chi connectivity index (χ1n) is 7.47. The van der Waals surface area contributed by atoms with Crippen LogP contribution in [0.1, 0.15) is 32.1 Å². The average molecular weight is 295 g/mol. The van der Waals surface area contributed by atoms with Gasteiger partial charge in [-0.3, -0.25) is 0 Å². The summed E-state index contributed by atoms with van der Waals surface area (Å²) in [6.07, 6.45) is 5.89. The fourth-order valence-corrected chi connectivity index (χ4v) is 2.67. The van der Waals surface area contributed by atoms with Crippen LogP contribution in [0.3, 0.4) is 0 Å². The summed E-state index contributed by atoms with van der Waals surface area (Å²) in [5, 5.41) is 0. The van der Waals surface area contributed by atoms with Crippen molar-refractivity contribution < 1.29 is 9.47 Å². The lowest BCUT2D eigenvalue weighted by Crippen LogP contribution is -2.30. The van der Waals surface area contributed by atoms with Crippen molar-refractivity contribution in [1.82, 2.24) is 0 Å². The molecule has 0 bridgehead atoms. The van der Waals surface area contributed by atoms with Gasteiger partial charge in [0.2, 0.25) is 0 Å². The molecule has 1 fully saturated rings. The van der Waals surface area contributed by atoms with Gasteiger partial charge in [0.1, 0.15) is 5.75 Å². The van der Waals surface area contributed by atoms with Crippen molar-refractivity contribution in [2.45, 2.75) is 50.4 Å². The van der Waals surface area contributed by atoms with Crippen molar-refractivity contribution >= 4 is 12.6 Å². The van der Waals surface area contributed by atoms with Crippen LogP contribution in [0.4, 0.5) is 0 Å². The fourth-order valence-electron chi connectivity index (χ4n) is 2.49. The minimum Gasteiger partial charge on any atom is -0.490 e. The molecule has 0 heterocycles. The van der Waals surface area contributed by atoms with Gasteiger partial charge in [-0.25, -0.2) is 0 Å². The summed E-state index contributed by atoms with van der Waals surface area (Å²) in [4.78, 5) is 0. The number of benzene rings is 1. The molecule has 0 aliphatic heterocycles. The van der Waals surface area contributed by atoms with Gasteiger partial charge in [-0.05, 0) is 44.2 Å². The predicted octanol–water partition coefficient (Wildman–Crippen LogP) is 3.04. The third kappa shape index (κ3) is 5.35. The lowest BCUT2D eigenvalue weighted by Gasteiger charge is -2.29. The van der Waals surface area contributed by atoms with E-state index in [0.29, 0.717) is 12.2 Å². The molecule has 1 atom stereocenters. The Morgan fingerprint density at radius 1 is 1.10 bits per heavy atom. The Hall–Kier alpha value is -0.710. The molecule has 2 N–H and O–H groups in total. The lowest BCUT2D eigenvalue weighted by atomic mass is 9.95. The Labute approximate surface area is 127 Å². The van der Waals surface area contributed by atoms with Crippen LogP contribution in [0.5, 0.6) is 5.75 Å². The van der Waals surface area contributed by atoms with Crippen molar-refractivity contribution in [1.29, 1.82) is 0 Å². The normalized spacial score (nSPS) is 24.3. The van der Waals surface area contributed by atoms with Gasteiger partial charge in [0.25, 0.3) is 0 Å². The molecule has 3 nitrogen and oxygen atoms in total. The standard InChI is InChI=1S/C16H25NO2S/c17-13(12-20)10-11-18-14-6-8-16(9-7-14)19-15-4-2-1-3-5-15/h1-5,13-14,16,20H,6-12,17H2. The van der Waals surface area contributed by atoms with E-state index < -0.39 is 0 Å². The number of hydrogen-bond acceptors (Lipinski definition) is 4. The highest BCUT2D eigenvalue weighted by Crippen LogP contribution is 2.25. The smallest absolute Gasteiger partial charge is 0.119 e. The van der Waals surface area contributed by atoms with E-state index in [0.717, 1.165) is 50.2 Å².